The summed E-state index contributed by atoms with van der Waals surface area (Å²) in [5.41, 5.74) is 3.39. The molecule has 1 aromatic heterocycles. The Bertz CT molecular complexity index is 952. The zero-order chi connectivity index (χ0) is 21.2. The van der Waals surface area contributed by atoms with E-state index in [-0.39, 0.29) is 24.9 Å². The lowest BCUT2D eigenvalue weighted by atomic mass is 10.0. The molecule has 1 amide bonds. The average Bonchev–Trinajstić information content (AvgIpc) is 3.21. The number of nitrogens with zero attached hydrogens (tertiary/aromatic N) is 4. The summed E-state index contributed by atoms with van der Waals surface area (Å²) in [6.45, 7) is 8.81. The molecule has 0 atom stereocenters. The SMILES string of the molecule is Cc1cc(C)c(C)c(S(=O)(=O)NCCC(=O)N2CCC(n3nccn3)CC2)c1C. The summed E-state index contributed by atoms with van der Waals surface area (Å²) >= 11 is 0. The molecule has 158 valence electrons. The Morgan fingerprint density at radius 1 is 1.07 bits per heavy atom. The van der Waals surface area contributed by atoms with Crippen molar-refractivity contribution in [1.29, 1.82) is 0 Å². The van der Waals surface area contributed by atoms with Crippen molar-refractivity contribution in [3.05, 3.63) is 40.7 Å². The Labute approximate surface area is 172 Å². The monoisotopic (exact) mass is 419 g/mol. The molecule has 1 saturated heterocycles. The number of hydrogen-bond acceptors (Lipinski definition) is 5. The number of carbonyl (C=O) groups excluding carboxylic acids is 1. The third-order valence-electron chi connectivity index (χ3n) is 5.78. The molecule has 1 aromatic carbocycles. The number of likely N-dealkylation sites (tertiary alicyclic amines) is 1. The zero-order valence-corrected chi connectivity index (χ0v) is 18.3. The van der Waals surface area contributed by atoms with E-state index < -0.39 is 10.0 Å². The fourth-order valence-electron chi connectivity index (χ4n) is 3.87. The number of piperidine rings is 1. The zero-order valence-electron chi connectivity index (χ0n) is 17.5. The van der Waals surface area contributed by atoms with Gasteiger partial charge >= 0.3 is 0 Å². The van der Waals surface area contributed by atoms with Crippen LogP contribution in [0.15, 0.2) is 23.4 Å². The predicted octanol–water partition coefficient (Wildman–Crippen LogP) is 2.04. The van der Waals surface area contributed by atoms with Gasteiger partial charge in [-0.1, -0.05) is 6.07 Å². The summed E-state index contributed by atoms with van der Waals surface area (Å²) in [6.07, 6.45) is 5.05. The molecule has 1 aliphatic rings. The highest BCUT2D eigenvalue weighted by Gasteiger charge is 2.26. The highest BCUT2D eigenvalue weighted by Crippen LogP contribution is 2.26. The van der Waals surface area contributed by atoms with Gasteiger partial charge in [0.1, 0.15) is 0 Å². The van der Waals surface area contributed by atoms with Crippen LogP contribution in [-0.2, 0) is 14.8 Å². The standard InChI is InChI=1S/C20H29N5O3S/c1-14-13-15(2)17(4)20(16(14)3)29(27,28)23-8-5-19(26)24-11-6-18(7-12-24)25-21-9-10-22-25/h9-10,13,18,23H,5-8,11-12H2,1-4H3. The maximum absolute atomic E-state index is 12.9. The van der Waals surface area contributed by atoms with Crippen LogP contribution in [0, 0.1) is 27.7 Å². The molecule has 0 aliphatic carbocycles. The largest absolute Gasteiger partial charge is 0.342 e. The first-order valence-corrected chi connectivity index (χ1v) is 11.4. The van der Waals surface area contributed by atoms with Gasteiger partial charge in [-0.2, -0.15) is 15.0 Å². The van der Waals surface area contributed by atoms with Crippen molar-refractivity contribution in [2.45, 2.75) is 57.9 Å². The van der Waals surface area contributed by atoms with Crippen molar-refractivity contribution in [2.75, 3.05) is 19.6 Å². The molecule has 0 spiro atoms. The molecule has 1 aliphatic heterocycles. The Morgan fingerprint density at radius 3 is 2.17 bits per heavy atom. The van der Waals surface area contributed by atoms with Crippen LogP contribution in [0.3, 0.4) is 0 Å². The molecule has 0 saturated carbocycles. The minimum atomic E-state index is -3.67. The van der Waals surface area contributed by atoms with Gasteiger partial charge in [0.15, 0.2) is 0 Å². The summed E-state index contributed by atoms with van der Waals surface area (Å²) in [5.74, 6) is -0.0339. The number of benzene rings is 1. The summed E-state index contributed by atoms with van der Waals surface area (Å²) in [6, 6.07) is 2.21. The van der Waals surface area contributed by atoms with Gasteiger partial charge in [0.25, 0.3) is 0 Å². The number of sulfonamides is 1. The molecule has 3 rings (SSSR count). The van der Waals surface area contributed by atoms with Crippen LogP contribution in [0.25, 0.3) is 0 Å². The molecular weight excluding hydrogens is 390 g/mol. The predicted molar refractivity (Wildman–Crippen MR) is 110 cm³/mol. The molecule has 0 bridgehead atoms. The third-order valence-corrected chi connectivity index (χ3v) is 7.51. The van der Waals surface area contributed by atoms with E-state index in [1.807, 2.05) is 33.8 Å². The van der Waals surface area contributed by atoms with Gasteiger partial charge in [-0.3, -0.25) is 4.79 Å². The number of carbonyl (C=O) groups is 1. The van der Waals surface area contributed by atoms with Crippen LogP contribution in [0.1, 0.15) is 47.6 Å². The van der Waals surface area contributed by atoms with Gasteiger partial charge in [-0.25, -0.2) is 13.1 Å². The van der Waals surface area contributed by atoms with E-state index in [1.54, 1.807) is 22.1 Å². The maximum atomic E-state index is 12.9. The van der Waals surface area contributed by atoms with Crippen LogP contribution < -0.4 is 4.72 Å². The Hall–Kier alpha value is -2.26. The van der Waals surface area contributed by atoms with E-state index in [1.165, 1.54) is 0 Å². The number of hydrogen-bond donors (Lipinski definition) is 1. The topological polar surface area (TPSA) is 97.2 Å². The minimum Gasteiger partial charge on any atom is -0.342 e. The number of rotatable bonds is 6. The van der Waals surface area contributed by atoms with Crippen LogP contribution >= 0.6 is 0 Å². The lowest BCUT2D eigenvalue weighted by Crippen LogP contribution is -2.40. The van der Waals surface area contributed by atoms with Gasteiger partial charge in [0, 0.05) is 26.1 Å². The van der Waals surface area contributed by atoms with E-state index in [0.717, 1.165) is 35.1 Å². The molecule has 0 radical (unpaired) electrons. The second kappa shape index (κ2) is 8.62. The molecule has 1 N–H and O–H groups in total. The quantitative estimate of drug-likeness (QED) is 0.773. The third kappa shape index (κ3) is 4.67. The van der Waals surface area contributed by atoms with Crippen molar-refractivity contribution in [3.8, 4) is 0 Å². The molecule has 0 unspecified atom stereocenters. The number of aromatic nitrogens is 3. The van der Waals surface area contributed by atoms with Crippen molar-refractivity contribution in [1.82, 2.24) is 24.6 Å². The van der Waals surface area contributed by atoms with Crippen molar-refractivity contribution in [2.24, 2.45) is 0 Å². The fourth-order valence-corrected chi connectivity index (χ4v) is 5.51. The fraction of sp³-hybridized carbons (Fsp3) is 0.550. The van der Waals surface area contributed by atoms with Crippen molar-refractivity contribution >= 4 is 15.9 Å². The smallest absolute Gasteiger partial charge is 0.241 e. The van der Waals surface area contributed by atoms with Gasteiger partial charge in [0.2, 0.25) is 15.9 Å². The van der Waals surface area contributed by atoms with Gasteiger partial charge in [-0.05, 0) is 62.8 Å². The highest BCUT2D eigenvalue weighted by atomic mass is 32.2. The van der Waals surface area contributed by atoms with Crippen LogP contribution in [0.4, 0.5) is 0 Å². The molecular formula is C20H29N5O3S. The minimum absolute atomic E-state index is 0.0339. The van der Waals surface area contributed by atoms with Crippen LogP contribution in [0.5, 0.6) is 0 Å². The van der Waals surface area contributed by atoms with Crippen LogP contribution in [0.2, 0.25) is 0 Å². The van der Waals surface area contributed by atoms with E-state index in [4.69, 9.17) is 0 Å². The summed E-state index contributed by atoms with van der Waals surface area (Å²) < 4.78 is 28.3. The summed E-state index contributed by atoms with van der Waals surface area (Å²) in [7, 11) is -3.67. The van der Waals surface area contributed by atoms with Crippen LogP contribution in [-0.4, -0.2) is 53.9 Å². The Kier molecular flexibility index (Phi) is 6.38. The highest BCUT2D eigenvalue weighted by molar-refractivity contribution is 7.89. The molecule has 8 nitrogen and oxygen atoms in total. The van der Waals surface area contributed by atoms with E-state index in [9.17, 15) is 13.2 Å². The van der Waals surface area contributed by atoms with Gasteiger partial charge in [-0.15, -0.1) is 0 Å². The number of amides is 1. The number of aryl methyl sites for hydroxylation is 2. The normalized spacial score (nSPS) is 15.7. The average molecular weight is 420 g/mol. The number of nitrogens with one attached hydrogen (secondary N) is 1. The van der Waals surface area contributed by atoms with E-state index in [0.29, 0.717) is 18.0 Å². The van der Waals surface area contributed by atoms with Gasteiger partial charge < -0.3 is 4.90 Å². The van der Waals surface area contributed by atoms with Gasteiger partial charge in [0.05, 0.1) is 23.3 Å². The summed E-state index contributed by atoms with van der Waals surface area (Å²) in [5, 5.41) is 8.33. The second-order valence-corrected chi connectivity index (χ2v) is 9.40. The maximum Gasteiger partial charge on any atom is 0.241 e. The second-order valence-electron chi connectivity index (χ2n) is 7.70. The molecule has 2 aromatic rings. The lowest BCUT2D eigenvalue weighted by molar-refractivity contribution is -0.132. The molecule has 29 heavy (non-hydrogen) atoms. The Morgan fingerprint density at radius 2 is 1.62 bits per heavy atom. The van der Waals surface area contributed by atoms with Crippen molar-refractivity contribution < 1.29 is 13.2 Å². The lowest BCUT2D eigenvalue weighted by Gasteiger charge is -2.31. The van der Waals surface area contributed by atoms with E-state index >= 15 is 0 Å². The van der Waals surface area contributed by atoms with E-state index in [2.05, 4.69) is 14.9 Å². The van der Waals surface area contributed by atoms with Crippen molar-refractivity contribution in [3.63, 3.8) is 0 Å². The Balaban J connectivity index is 1.55. The molecule has 9 heteroatoms. The summed E-state index contributed by atoms with van der Waals surface area (Å²) in [4.78, 5) is 16.3. The molecule has 2 heterocycles. The first kappa shape index (κ1) is 21.4. The first-order valence-electron chi connectivity index (χ1n) is 9.91. The first-order chi connectivity index (χ1) is 13.7. The molecule has 1 fully saturated rings.